The number of sulfone groups is 1. The molecule has 110 valence electrons. The fraction of sp³-hybridized carbons (Fsp3) is 0.467. The standard InChI is InChI=1S/C15H22N2O2S/c1-11-12(2)17(7-8-20(4,18)19)15-6-5-13(10-16-3)9-14(11)15/h5-6,9,16H,7-8,10H2,1-4H3. The van der Waals surface area contributed by atoms with Gasteiger partial charge in [0.25, 0.3) is 0 Å². The smallest absolute Gasteiger partial charge is 0.149 e. The number of fused-ring (bicyclic) bond motifs is 1. The minimum absolute atomic E-state index is 0.176. The van der Waals surface area contributed by atoms with Crippen LogP contribution < -0.4 is 5.32 Å². The number of aryl methyl sites for hydroxylation is 2. The van der Waals surface area contributed by atoms with Crippen molar-refractivity contribution in [3.8, 4) is 0 Å². The van der Waals surface area contributed by atoms with Crippen LogP contribution in [0.1, 0.15) is 16.8 Å². The van der Waals surface area contributed by atoms with E-state index in [-0.39, 0.29) is 5.75 Å². The Morgan fingerprint density at radius 2 is 1.95 bits per heavy atom. The van der Waals surface area contributed by atoms with E-state index in [4.69, 9.17) is 0 Å². The summed E-state index contributed by atoms with van der Waals surface area (Å²) < 4.78 is 24.9. The van der Waals surface area contributed by atoms with Gasteiger partial charge in [-0.3, -0.25) is 0 Å². The lowest BCUT2D eigenvalue weighted by Gasteiger charge is -2.08. The van der Waals surface area contributed by atoms with E-state index in [1.54, 1.807) is 0 Å². The van der Waals surface area contributed by atoms with Crippen molar-refractivity contribution in [2.75, 3.05) is 19.1 Å². The third-order valence-corrected chi connectivity index (χ3v) is 4.69. The van der Waals surface area contributed by atoms with Crippen molar-refractivity contribution < 1.29 is 8.42 Å². The monoisotopic (exact) mass is 294 g/mol. The minimum Gasteiger partial charge on any atom is -0.344 e. The molecular formula is C15H22N2O2S. The molecule has 20 heavy (non-hydrogen) atoms. The molecule has 2 rings (SSSR count). The zero-order valence-corrected chi connectivity index (χ0v) is 13.3. The molecule has 4 nitrogen and oxygen atoms in total. The van der Waals surface area contributed by atoms with Gasteiger partial charge in [-0.15, -0.1) is 0 Å². The van der Waals surface area contributed by atoms with Crippen LogP contribution in [0, 0.1) is 13.8 Å². The van der Waals surface area contributed by atoms with E-state index in [0.717, 1.165) is 17.8 Å². The molecular weight excluding hydrogens is 272 g/mol. The highest BCUT2D eigenvalue weighted by molar-refractivity contribution is 7.90. The van der Waals surface area contributed by atoms with Gasteiger partial charge >= 0.3 is 0 Å². The van der Waals surface area contributed by atoms with Crippen molar-refractivity contribution in [3.05, 3.63) is 35.0 Å². The summed E-state index contributed by atoms with van der Waals surface area (Å²) >= 11 is 0. The number of hydrogen-bond acceptors (Lipinski definition) is 3. The van der Waals surface area contributed by atoms with Gasteiger partial charge in [0.15, 0.2) is 0 Å². The van der Waals surface area contributed by atoms with Gasteiger partial charge in [0.05, 0.1) is 5.75 Å². The molecule has 1 aromatic carbocycles. The Kier molecular flexibility index (Phi) is 4.20. The molecule has 0 saturated carbocycles. The van der Waals surface area contributed by atoms with Crippen LogP contribution in [0.4, 0.5) is 0 Å². The molecule has 0 radical (unpaired) electrons. The van der Waals surface area contributed by atoms with Crippen LogP contribution in [-0.2, 0) is 22.9 Å². The van der Waals surface area contributed by atoms with E-state index in [0.29, 0.717) is 6.54 Å². The summed E-state index contributed by atoms with van der Waals surface area (Å²) in [5.41, 5.74) is 4.73. The van der Waals surface area contributed by atoms with Crippen LogP contribution in [0.25, 0.3) is 10.9 Å². The van der Waals surface area contributed by atoms with Crippen molar-refractivity contribution in [2.45, 2.75) is 26.9 Å². The van der Waals surface area contributed by atoms with Gasteiger partial charge in [-0.05, 0) is 44.2 Å². The molecule has 0 aliphatic carbocycles. The summed E-state index contributed by atoms with van der Waals surface area (Å²) in [4.78, 5) is 0. The first-order chi connectivity index (χ1) is 9.33. The second-order valence-electron chi connectivity index (χ2n) is 5.37. The Hall–Kier alpha value is -1.33. The number of benzene rings is 1. The molecule has 0 saturated heterocycles. The number of nitrogens with zero attached hydrogens (tertiary/aromatic N) is 1. The Balaban J connectivity index is 2.47. The highest BCUT2D eigenvalue weighted by Crippen LogP contribution is 2.26. The van der Waals surface area contributed by atoms with Gasteiger partial charge < -0.3 is 9.88 Å². The van der Waals surface area contributed by atoms with Crippen LogP contribution in [0.2, 0.25) is 0 Å². The Labute approximate surface area is 120 Å². The van der Waals surface area contributed by atoms with Crippen molar-refractivity contribution >= 4 is 20.7 Å². The first kappa shape index (κ1) is 15.1. The zero-order valence-electron chi connectivity index (χ0n) is 12.5. The Bertz CT molecular complexity index is 730. The van der Waals surface area contributed by atoms with Gasteiger partial charge in [-0.2, -0.15) is 0 Å². The van der Waals surface area contributed by atoms with Crippen LogP contribution in [0.5, 0.6) is 0 Å². The highest BCUT2D eigenvalue weighted by Gasteiger charge is 2.13. The third kappa shape index (κ3) is 3.04. The van der Waals surface area contributed by atoms with E-state index in [2.05, 4.69) is 41.9 Å². The molecule has 0 aliphatic heterocycles. The molecule has 0 bridgehead atoms. The summed E-state index contributed by atoms with van der Waals surface area (Å²) in [5, 5.41) is 4.36. The number of aromatic nitrogens is 1. The van der Waals surface area contributed by atoms with Crippen molar-refractivity contribution in [1.82, 2.24) is 9.88 Å². The average molecular weight is 294 g/mol. The lowest BCUT2D eigenvalue weighted by Crippen LogP contribution is -2.12. The Morgan fingerprint density at radius 1 is 1.25 bits per heavy atom. The summed E-state index contributed by atoms with van der Waals surface area (Å²) in [6.07, 6.45) is 1.28. The first-order valence-electron chi connectivity index (χ1n) is 6.74. The predicted octanol–water partition coefficient (Wildman–Crippen LogP) is 2.02. The van der Waals surface area contributed by atoms with E-state index in [1.165, 1.54) is 22.8 Å². The quantitative estimate of drug-likeness (QED) is 0.918. The molecule has 1 N–H and O–H groups in total. The lowest BCUT2D eigenvalue weighted by atomic mass is 10.1. The molecule has 0 spiro atoms. The zero-order chi connectivity index (χ0) is 14.9. The normalized spacial score (nSPS) is 12.2. The van der Waals surface area contributed by atoms with E-state index in [9.17, 15) is 8.42 Å². The highest BCUT2D eigenvalue weighted by atomic mass is 32.2. The van der Waals surface area contributed by atoms with E-state index in [1.807, 2.05) is 7.05 Å². The topological polar surface area (TPSA) is 51.1 Å². The molecule has 0 unspecified atom stereocenters. The summed E-state index contributed by atoms with van der Waals surface area (Å²) in [6, 6.07) is 6.37. The fourth-order valence-corrected chi connectivity index (χ4v) is 3.07. The Morgan fingerprint density at radius 3 is 2.55 bits per heavy atom. The van der Waals surface area contributed by atoms with Crippen molar-refractivity contribution in [2.24, 2.45) is 0 Å². The van der Waals surface area contributed by atoms with E-state index >= 15 is 0 Å². The van der Waals surface area contributed by atoms with Gasteiger partial charge in [-0.1, -0.05) is 6.07 Å². The molecule has 5 heteroatoms. The molecule has 1 heterocycles. The van der Waals surface area contributed by atoms with Crippen molar-refractivity contribution in [1.29, 1.82) is 0 Å². The lowest BCUT2D eigenvalue weighted by molar-refractivity contribution is 0.595. The van der Waals surface area contributed by atoms with Crippen LogP contribution in [0.15, 0.2) is 18.2 Å². The summed E-state index contributed by atoms with van der Waals surface area (Å²) in [6.45, 7) is 5.50. The van der Waals surface area contributed by atoms with E-state index < -0.39 is 9.84 Å². The van der Waals surface area contributed by atoms with Gasteiger partial charge in [0.2, 0.25) is 0 Å². The second-order valence-corrected chi connectivity index (χ2v) is 7.63. The molecule has 2 aromatic rings. The molecule has 0 amide bonds. The summed E-state index contributed by atoms with van der Waals surface area (Å²) in [7, 11) is -1.02. The summed E-state index contributed by atoms with van der Waals surface area (Å²) in [5.74, 6) is 0.176. The predicted molar refractivity (Wildman–Crippen MR) is 83.9 cm³/mol. The molecule has 0 atom stereocenters. The molecule has 1 aromatic heterocycles. The average Bonchev–Trinajstić information content (AvgIpc) is 2.60. The largest absolute Gasteiger partial charge is 0.344 e. The third-order valence-electron chi connectivity index (χ3n) is 3.77. The number of rotatable bonds is 5. The van der Waals surface area contributed by atoms with Gasteiger partial charge in [-0.25, -0.2) is 8.42 Å². The SMILES string of the molecule is CNCc1ccc2c(c1)c(C)c(C)n2CCS(C)(=O)=O. The van der Waals surface area contributed by atoms with Crippen LogP contribution >= 0.6 is 0 Å². The fourth-order valence-electron chi connectivity index (χ4n) is 2.56. The molecule has 0 aliphatic rings. The van der Waals surface area contributed by atoms with Crippen LogP contribution in [-0.4, -0.2) is 32.0 Å². The first-order valence-corrected chi connectivity index (χ1v) is 8.80. The van der Waals surface area contributed by atoms with Crippen molar-refractivity contribution in [3.63, 3.8) is 0 Å². The maximum Gasteiger partial charge on any atom is 0.149 e. The second kappa shape index (κ2) is 5.58. The molecule has 0 fully saturated rings. The minimum atomic E-state index is -2.95. The van der Waals surface area contributed by atoms with Gasteiger partial charge in [0, 0.05) is 35.9 Å². The van der Waals surface area contributed by atoms with Crippen LogP contribution in [0.3, 0.4) is 0 Å². The number of nitrogens with one attached hydrogen (secondary N) is 1. The maximum absolute atomic E-state index is 11.4. The maximum atomic E-state index is 11.4. The van der Waals surface area contributed by atoms with Gasteiger partial charge in [0.1, 0.15) is 9.84 Å². The number of hydrogen-bond donors (Lipinski definition) is 1.